The van der Waals surface area contributed by atoms with Gasteiger partial charge >= 0.3 is 29.6 Å². The number of halogens is 1. The minimum absolute atomic E-state index is 0. The van der Waals surface area contributed by atoms with Crippen LogP contribution >= 0.6 is 15.9 Å². The minimum Gasteiger partial charge on any atom is -0.538 e. The maximum atomic E-state index is 12.7. The molecule has 35 heavy (non-hydrogen) atoms. The molecule has 0 aliphatic rings. The Bertz CT molecular complexity index is 1500. The molecule has 4 rings (SSSR count). The van der Waals surface area contributed by atoms with Crippen LogP contribution in [0.3, 0.4) is 0 Å². The van der Waals surface area contributed by atoms with Crippen molar-refractivity contribution in [1.29, 1.82) is 0 Å². The normalized spacial score (nSPS) is 11.3. The summed E-state index contributed by atoms with van der Waals surface area (Å²) in [6.45, 7) is 0. The summed E-state index contributed by atoms with van der Waals surface area (Å²) in [6.07, 6.45) is 3.43. The molecule has 5 nitrogen and oxygen atoms in total. The zero-order valence-corrected chi connectivity index (χ0v) is 23.7. The Morgan fingerprint density at radius 2 is 1.66 bits per heavy atom. The fourth-order valence-electron chi connectivity index (χ4n) is 3.64. The van der Waals surface area contributed by atoms with E-state index in [0.29, 0.717) is 10.9 Å². The van der Waals surface area contributed by atoms with Crippen molar-refractivity contribution in [2.75, 3.05) is 7.11 Å². The van der Waals surface area contributed by atoms with Gasteiger partial charge in [0.2, 0.25) is 0 Å². The predicted octanol–water partition coefficient (Wildman–Crippen LogP) is 3.51. The fourth-order valence-corrected chi connectivity index (χ4v) is 5.23. The molecule has 0 aliphatic carbocycles. The predicted molar refractivity (Wildman–Crippen MR) is 138 cm³/mol. The molecule has 8 heteroatoms. The first-order valence-electron chi connectivity index (χ1n) is 10.4. The molecule has 0 heterocycles. The molecule has 0 spiro atoms. The van der Waals surface area contributed by atoms with E-state index in [9.17, 15) is 13.2 Å². The quantitative estimate of drug-likeness (QED) is 0.257. The van der Waals surface area contributed by atoms with Crippen LogP contribution in [0.4, 0.5) is 0 Å². The second kappa shape index (κ2) is 12.0. The molecule has 0 aliphatic heterocycles. The van der Waals surface area contributed by atoms with Gasteiger partial charge in [-0.3, -0.25) is 0 Å². The topological polar surface area (TPSA) is 74.5 Å². The van der Waals surface area contributed by atoms with Crippen molar-refractivity contribution in [3.63, 3.8) is 0 Å². The summed E-state index contributed by atoms with van der Waals surface area (Å²) in [4.78, 5) is 12.2. The van der Waals surface area contributed by atoms with Crippen molar-refractivity contribution in [1.82, 2.24) is 0 Å². The summed E-state index contributed by atoms with van der Waals surface area (Å²) in [7, 11) is -2.88. The third kappa shape index (κ3) is 6.84. The van der Waals surface area contributed by atoms with E-state index < -0.39 is 15.9 Å². The number of nitrogens with zero attached hydrogens (tertiary/aromatic N) is 1. The van der Waals surface area contributed by atoms with Crippen LogP contribution in [0.25, 0.3) is 21.6 Å². The van der Waals surface area contributed by atoms with Gasteiger partial charge in [0.05, 0.1) is 17.9 Å². The van der Waals surface area contributed by atoms with E-state index >= 15 is 0 Å². The number of carbonyl (C=O) groups is 1. The Labute approximate surface area is 235 Å². The van der Waals surface area contributed by atoms with Crippen LogP contribution in [0.2, 0.25) is 0 Å². The van der Waals surface area contributed by atoms with Gasteiger partial charge in [-0.05, 0) is 58.2 Å². The van der Waals surface area contributed by atoms with E-state index in [1.807, 2.05) is 36.4 Å². The van der Waals surface area contributed by atoms with E-state index in [1.165, 1.54) is 30.7 Å². The van der Waals surface area contributed by atoms with Crippen LogP contribution in [0.5, 0.6) is 5.75 Å². The van der Waals surface area contributed by atoms with E-state index in [-0.39, 0.29) is 40.2 Å². The van der Waals surface area contributed by atoms with Gasteiger partial charge in [-0.2, -0.15) is 0 Å². The Kier molecular flexibility index (Phi) is 9.33. The van der Waals surface area contributed by atoms with Crippen LogP contribution in [0, 0.1) is 0 Å². The molecule has 172 valence electrons. The van der Waals surface area contributed by atoms with Gasteiger partial charge in [0.25, 0.3) is 0 Å². The Morgan fingerprint density at radius 3 is 2.43 bits per heavy atom. The molecule has 0 aromatic heterocycles. The van der Waals surface area contributed by atoms with Gasteiger partial charge < -0.3 is 14.3 Å². The summed E-state index contributed by atoms with van der Waals surface area (Å²) in [5.74, 6) is -0.757. The number of rotatable bonds is 7. The van der Waals surface area contributed by atoms with Gasteiger partial charge in [-0.25, -0.2) is 8.42 Å². The van der Waals surface area contributed by atoms with Gasteiger partial charge in [0, 0.05) is 4.47 Å². The monoisotopic (exact) mass is 557 g/mol. The maximum Gasteiger partial charge on any atom is 1.00 e. The fraction of sp³-hybridized carbons (Fsp3) is 0.0741. The van der Waals surface area contributed by atoms with Crippen LogP contribution in [-0.2, 0) is 21.2 Å². The van der Waals surface area contributed by atoms with Crippen LogP contribution in [0.1, 0.15) is 16.7 Å². The molecule has 4 aromatic rings. The molecule has 0 fully saturated rings. The van der Waals surface area contributed by atoms with E-state index in [2.05, 4.69) is 51.0 Å². The van der Waals surface area contributed by atoms with Crippen LogP contribution in [0.15, 0.2) is 100 Å². The summed E-state index contributed by atoms with van der Waals surface area (Å²) in [5.41, 5.74) is 2.97. The van der Waals surface area contributed by atoms with Crippen LogP contribution in [-0.4, -0.2) is 21.4 Å². The third-order valence-corrected chi connectivity index (χ3v) is 7.07. The van der Waals surface area contributed by atoms with Crippen molar-refractivity contribution >= 4 is 48.7 Å². The van der Waals surface area contributed by atoms with Crippen LogP contribution < -0.4 is 34.3 Å². The van der Waals surface area contributed by atoms with Gasteiger partial charge in [0.1, 0.15) is 15.8 Å². The summed E-state index contributed by atoms with van der Waals surface area (Å²) < 4.78 is 34.4. The van der Waals surface area contributed by atoms with Crippen molar-refractivity contribution < 1.29 is 47.5 Å². The van der Waals surface area contributed by atoms with E-state index in [4.69, 9.17) is 4.74 Å². The smallest absolute Gasteiger partial charge is 0.538 e. The Balaban J connectivity index is 0.00000342. The molecule has 1 amide bonds. The van der Waals surface area contributed by atoms with Gasteiger partial charge in [-0.15, -0.1) is 0 Å². The average molecular weight is 558 g/mol. The van der Waals surface area contributed by atoms with Crippen molar-refractivity contribution in [3.8, 4) is 5.75 Å². The average Bonchev–Trinajstić information content (AvgIpc) is 2.83. The number of fused-ring (bicyclic) bond motifs is 1. The molecule has 0 unspecified atom stereocenters. The largest absolute Gasteiger partial charge is 1.00 e. The molecule has 0 bridgehead atoms. The zero-order valence-electron chi connectivity index (χ0n) is 19.3. The molecular weight excluding hydrogens is 537 g/mol. The van der Waals surface area contributed by atoms with Crippen molar-refractivity contribution in [2.45, 2.75) is 11.3 Å². The van der Waals surface area contributed by atoms with Gasteiger partial charge in [0.15, 0.2) is 0 Å². The first-order chi connectivity index (χ1) is 16.4. The molecule has 4 aromatic carbocycles. The first kappa shape index (κ1) is 27.2. The molecule has 0 atom stereocenters. The number of hydrogen-bond acceptors (Lipinski definition) is 4. The standard InChI is InChI=1S/C27H22BrNO4S.Na/c1-33-25-14-13-24(28)18-26(25)34(31,32)29-27(30)15-12-21-7-3-5-9-23(21)17-19-10-11-20-6-2-4-8-22(20)16-19;/h2-16,18H,17H2,1H3,(H,29,30);/q;+1/p-1/b15-12+;. The van der Waals surface area contributed by atoms with Gasteiger partial charge in [-0.1, -0.05) is 88.7 Å². The number of ether oxygens (including phenoxy) is 1. The Hall–Kier alpha value is -2.42. The number of carbonyl (C=O) groups excluding carboxylic acids is 1. The number of hydrogen-bond donors (Lipinski definition) is 0. The third-order valence-electron chi connectivity index (χ3n) is 5.28. The second-order valence-corrected chi connectivity index (χ2v) is 10.1. The first-order valence-corrected chi connectivity index (χ1v) is 12.7. The molecular formula is C27H21BrNNaO4S. The molecule has 0 saturated carbocycles. The van der Waals surface area contributed by atoms with E-state index in [1.54, 1.807) is 12.1 Å². The number of methoxy groups -OCH3 is 1. The molecule has 0 saturated heterocycles. The summed E-state index contributed by atoms with van der Waals surface area (Å²) in [5, 5.41) is 2.34. The van der Waals surface area contributed by atoms with E-state index in [0.717, 1.165) is 22.1 Å². The maximum absolute atomic E-state index is 12.7. The summed E-state index contributed by atoms with van der Waals surface area (Å²) in [6, 6.07) is 26.7. The number of benzene rings is 4. The number of amides is 1. The van der Waals surface area contributed by atoms with Crippen molar-refractivity contribution in [2.24, 2.45) is 0 Å². The molecule has 0 radical (unpaired) electrons. The SMILES string of the molecule is COc1ccc(Br)cc1S(=O)(=O)[N-]C(=O)/C=C/c1ccccc1Cc1ccc2ccccc2c1.[Na+]. The Morgan fingerprint density at radius 1 is 0.943 bits per heavy atom. The summed E-state index contributed by atoms with van der Waals surface area (Å²) >= 11 is 3.23. The molecule has 0 N–H and O–H groups in total. The minimum atomic E-state index is -4.24. The zero-order chi connectivity index (χ0) is 24.1. The second-order valence-electron chi connectivity index (χ2n) is 7.59. The number of sulfonamides is 1. The van der Waals surface area contributed by atoms with Crippen molar-refractivity contribution in [3.05, 3.63) is 117 Å².